The molecule has 0 atom stereocenters. The number of thiazole rings is 1. The summed E-state index contributed by atoms with van der Waals surface area (Å²) in [5.41, 5.74) is 1.27. The third-order valence-corrected chi connectivity index (χ3v) is 6.00. The van der Waals surface area contributed by atoms with E-state index in [0.717, 1.165) is 36.2 Å². The van der Waals surface area contributed by atoms with Crippen LogP contribution in [0, 0.1) is 18.6 Å². The summed E-state index contributed by atoms with van der Waals surface area (Å²) in [6, 6.07) is 3.81. The maximum Gasteiger partial charge on any atom is 0.278 e. The SMILES string of the molecule is CCN(CC)CCN(C(=O)c1cc(C)nn1C(C)C)c1nc2c(F)cc(F)cc2s1.Cl. The lowest BCUT2D eigenvalue weighted by molar-refractivity contribution is 0.0971. The molecule has 3 aromatic rings. The second-order valence-corrected chi connectivity index (χ2v) is 8.43. The van der Waals surface area contributed by atoms with Gasteiger partial charge < -0.3 is 4.90 Å². The monoisotopic (exact) mass is 471 g/mol. The van der Waals surface area contributed by atoms with Crippen LogP contribution in [0.3, 0.4) is 0 Å². The summed E-state index contributed by atoms with van der Waals surface area (Å²) in [4.78, 5) is 21.6. The number of hydrogen-bond acceptors (Lipinski definition) is 5. The smallest absolute Gasteiger partial charge is 0.278 e. The zero-order chi connectivity index (χ0) is 22.0. The zero-order valence-corrected chi connectivity index (χ0v) is 20.0. The van der Waals surface area contributed by atoms with Crippen molar-refractivity contribution in [1.29, 1.82) is 0 Å². The van der Waals surface area contributed by atoms with Gasteiger partial charge in [-0.1, -0.05) is 25.2 Å². The molecule has 0 spiro atoms. The Bertz CT molecular complexity index is 1050. The van der Waals surface area contributed by atoms with E-state index in [4.69, 9.17) is 0 Å². The summed E-state index contributed by atoms with van der Waals surface area (Å²) in [6.07, 6.45) is 0. The summed E-state index contributed by atoms with van der Waals surface area (Å²) < 4.78 is 29.9. The van der Waals surface area contributed by atoms with Crippen LogP contribution < -0.4 is 4.90 Å². The topological polar surface area (TPSA) is 54.3 Å². The second-order valence-electron chi connectivity index (χ2n) is 7.42. The molecule has 0 N–H and O–H groups in total. The lowest BCUT2D eigenvalue weighted by Gasteiger charge is -2.25. The van der Waals surface area contributed by atoms with E-state index in [1.54, 1.807) is 15.6 Å². The van der Waals surface area contributed by atoms with E-state index in [-0.39, 0.29) is 29.9 Å². The van der Waals surface area contributed by atoms with Crippen LogP contribution in [-0.4, -0.2) is 51.8 Å². The van der Waals surface area contributed by atoms with Gasteiger partial charge in [0.15, 0.2) is 10.9 Å². The molecule has 0 unspecified atom stereocenters. The number of likely N-dealkylation sites (N-methyl/N-ethyl adjacent to an activating group) is 1. The van der Waals surface area contributed by atoms with Gasteiger partial charge in [0.05, 0.1) is 10.4 Å². The number of carbonyl (C=O) groups excluding carboxylic acids is 1. The van der Waals surface area contributed by atoms with Crippen molar-refractivity contribution in [1.82, 2.24) is 19.7 Å². The van der Waals surface area contributed by atoms with Crippen LogP contribution in [0.1, 0.15) is 49.9 Å². The number of aromatic nitrogens is 3. The first kappa shape index (κ1) is 25.2. The van der Waals surface area contributed by atoms with Crippen molar-refractivity contribution in [2.24, 2.45) is 0 Å². The molecule has 3 rings (SSSR count). The van der Waals surface area contributed by atoms with Gasteiger partial charge in [-0.25, -0.2) is 13.8 Å². The highest BCUT2D eigenvalue weighted by Crippen LogP contribution is 2.32. The summed E-state index contributed by atoms with van der Waals surface area (Å²) in [7, 11) is 0. The van der Waals surface area contributed by atoms with E-state index >= 15 is 0 Å². The Labute approximate surface area is 191 Å². The molecule has 2 aromatic heterocycles. The Kier molecular flexibility index (Phi) is 8.50. The normalized spacial score (nSPS) is 11.4. The van der Waals surface area contributed by atoms with Crippen LogP contribution in [0.5, 0.6) is 0 Å². The summed E-state index contributed by atoms with van der Waals surface area (Å²) >= 11 is 1.11. The molecule has 6 nitrogen and oxygen atoms in total. The minimum atomic E-state index is -0.730. The molecule has 0 aliphatic heterocycles. The van der Waals surface area contributed by atoms with E-state index in [0.29, 0.717) is 28.6 Å². The van der Waals surface area contributed by atoms with Gasteiger partial charge in [0.1, 0.15) is 17.0 Å². The Morgan fingerprint density at radius 3 is 2.45 bits per heavy atom. The van der Waals surface area contributed by atoms with Crippen molar-refractivity contribution in [3.8, 4) is 0 Å². The number of fused-ring (bicyclic) bond motifs is 1. The van der Waals surface area contributed by atoms with Crippen molar-refractivity contribution >= 4 is 45.0 Å². The van der Waals surface area contributed by atoms with Crippen LogP contribution in [0.25, 0.3) is 10.2 Å². The molecule has 0 saturated heterocycles. The molecule has 0 bridgehead atoms. The minimum Gasteiger partial charge on any atom is -0.302 e. The Morgan fingerprint density at radius 2 is 1.84 bits per heavy atom. The summed E-state index contributed by atoms with van der Waals surface area (Å²) in [5.74, 6) is -1.65. The highest BCUT2D eigenvalue weighted by molar-refractivity contribution is 7.22. The van der Waals surface area contributed by atoms with E-state index in [2.05, 4.69) is 28.8 Å². The quantitative estimate of drug-likeness (QED) is 0.460. The molecule has 0 saturated carbocycles. The van der Waals surface area contributed by atoms with Crippen molar-refractivity contribution in [3.63, 3.8) is 0 Å². The zero-order valence-electron chi connectivity index (χ0n) is 18.4. The predicted molar refractivity (Wildman–Crippen MR) is 124 cm³/mol. The maximum absolute atomic E-state index is 14.2. The first-order valence-corrected chi connectivity index (χ1v) is 10.9. The highest BCUT2D eigenvalue weighted by Gasteiger charge is 2.26. The van der Waals surface area contributed by atoms with Gasteiger partial charge in [0.25, 0.3) is 5.91 Å². The van der Waals surface area contributed by atoms with Gasteiger partial charge in [0, 0.05) is 25.2 Å². The standard InChI is InChI=1S/C21H27F2N5OS.ClH/c1-6-26(7-2)8-9-27(20(29)17-10-14(5)25-28(17)13(3)4)21-24-19-16(23)11-15(22)12-18(19)30-21;/h10-13H,6-9H2,1-5H3;1H. The fraction of sp³-hybridized carbons (Fsp3) is 0.476. The Hall–Kier alpha value is -2.10. The predicted octanol–water partition coefficient (Wildman–Crippen LogP) is 5.07. The molecule has 0 aliphatic carbocycles. The van der Waals surface area contributed by atoms with Gasteiger partial charge in [0.2, 0.25) is 0 Å². The first-order chi connectivity index (χ1) is 14.2. The number of rotatable bonds is 8. The third kappa shape index (κ3) is 5.39. The molecule has 10 heteroatoms. The number of benzene rings is 1. The van der Waals surface area contributed by atoms with Crippen molar-refractivity contribution < 1.29 is 13.6 Å². The molecule has 0 radical (unpaired) electrons. The number of halogens is 3. The van der Waals surface area contributed by atoms with Gasteiger partial charge in [-0.3, -0.25) is 14.4 Å². The molecule has 2 heterocycles. The summed E-state index contributed by atoms with van der Waals surface area (Å²) in [5, 5.41) is 4.78. The van der Waals surface area contributed by atoms with E-state index < -0.39 is 11.6 Å². The van der Waals surface area contributed by atoms with E-state index in [1.807, 2.05) is 20.8 Å². The third-order valence-electron chi connectivity index (χ3n) is 4.98. The fourth-order valence-corrected chi connectivity index (χ4v) is 4.36. The van der Waals surface area contributed by atoms with Crippen LogP contribution in [0.2, 0.25) is 0 Å². The van der Waals surface area contributed by atoms with Crippen LogP contribution in [0.15, 0.2) is 18.2 Å². The number of anilines is 1. The number of hydrogen-bond donors (Lipinski definition) is 0. The number of amides is 1. The molecule has 1 aromatic carbocycles. The van der Waals surface area contributed by atoms with Crippen LogP contribution >= 0.6 is 23.7 Å². The molecule has 0 aliphatic rings. The average molecular weight is 472 g/mol. The fourth-order valence-electron chi connectivity index (χ4n) is 3.33. The number of carbonyl (C=O) groups is 1. The minimum absolute atomic E-state index is 0. The first-order valence-electron chi connectivity index (χ1n) is 10.1. The van der Waals surface area contributed by atoms with Gasteiger partial charge >= 0.3 is 0 Å². The lowest BCUT2D eigenvalue weighted by Crippen LogP contribution is -2.39. The van der Waals surface area contributed by atoms with Crippen molar-refractivity contribution in [2.45, 2.75) is 40.7 Å². The largest absolute Gasteiger partial charge is 0.302 e. The molecule has 31 heavy (non-hydrogen) atoms. The summed E-state index contributed by atoms with van der Waals surface area (Å²) in [6.45, 7) is 12.6. The molecular formula is C21H28ClF2N5OS. The lowest BCUT2D eigenvalue weighted by atomic mass is 10.3. The number of aryl methyl sites for hydroxylation is 1. The Balaban J connectivity index is 0.00000341. The van der Waals surface area contributed by atoms with Crippen LogP contribution in [0.4, 0.5) is 13.9 Å². The Morgan fingerprint density at radius 1 is 1.16 bits per heavy atom. The van der Waals surface area contributed by atoms with Gasteiger partial charge in [-0.05, 0) is 46.0 Å². The van der Waals surface area contributed by atoms with E-state index in [9.17, 15) is 13.6 Å². The van der Waals surface area contributed by atoms with Gasteiger partial charge in [-0.15, -0.1) is 12.4 Å². The van der Waals surface area contributed by atoms with E-state index in [1.165, 1.54) is 6.07 Å². The molecular weight excluding hydrogens is 444 g/mol. The maximum atomic E-state index is 14.2. The van der Waals surface area contributed by atoms with Crippen molar-refractivity contribution in [3.05, 3.63) is 41.2 Å². The number of nitrogens with zero attached hydrogens (tertiary/aromatic N) is 5. The van der Waals surface area contributed by atoms with Crippen LogP contribution in [-0.2, 0) is 0 Å². The molecule has 170 valence electrons. The van der Waals surface area contributed by atoms with Gasteiger partial charge in [-0.2, -0.15) is 5.10 Å². The van der Waals surface area contributed by atoms with Crippen molar-refractivity contribution in [2.75, 3.05) is 31.1 Å². The second kappa shape index (κ2) is 10.5. The average Bonchev–Trinajstić information content (AvgIpc) is 3.28. The highest BCUT2D eigenvalue weighted by atomic mass is 35.5. The molecule has 1 amide bonds. The molecule has 0 fully saturated rings.